The van der Waals surface area contributed by atoms with Crippen LogP contribution in [-0.2, 0) is 4.74 Å². The van der Waals surface area contributed by atoms with E-state index >= 15 is 0 Å². The minimum absolute atomic E-state index is 0.319. The van der Waals surface area contributed by atoms with E-state index in [0.717, 1.165) is 6.54 Å². The SMILES string of the molecule is CCN[C@@H](CN)COC. The summed E-state index contributed by atoms with van der Waals surface area (Å²) in [4.78, 5) is 0. The number of nitrogens with one attached hydrogen (secondary N) is 1. The highest BCUT2D eigenvalue weighted by molar-refractivity contribution is 4.64. The number of likely N-dealkylation sites (N-methyl/N-ethyl adjacent to an activating group) is 1. The average Bonchev–Trinajstić information content (AvgIpc) is 1.88. The summed E-state index contributed by atoms with van der Waals surface area (Å²) in [5, 5.41) is 3.18. The first-order valence-corrected chi connectivity index (χ1v) is 3.27. The van der Waals surface area contributed by atoms with E-state index in [9.17, 15) is 0 Å². The molecule has 3 nitrogen and oxygen atoms in total. The van der Waals surface area contributed by atoms with Crippen molar-refractivity contribution in [1.29, 1.82) is 0 Å². The highest BCUT2D eigenvalue weighted by atomic mass is 16.5. The number of hydrogen-bond donors (Lipinski definition) is 2. The topological polar surface area (TPSA) is 47.3 Å². The highest BCUT2D eigenvalue weighted by Gasteiger charge is 2.00. The van der Waals surface area contributed by atoms with Crippen LogP contribution in [0.15, 0.2) is 0 Å². The van der Waals surface area contributed by atoms with E-state index < -0.39 is 0 Å². The minimum atomic E-state index is 0.319. The van der Waals surface area contributed by atoms with Crippen LogP contribution >= 0.6 is 0 Å². The van der Waals surface area contributed by atoms with Crippen molar-refractivity contribution in [2.45, 2.75) is 13.0 Å². The summed E-state index contributed by atoms with van der Waals surface area (Å²) in [6.07, 6.45) is 0. The lowest BCUT2D eigenvalue weighted by molar-refractivity contribution is 0.169. The number of hydrogen-bond acceptors (Lipinski definition) is 3. The summed E-state index contributed by atoms with van der Waals surface area (Å²) in [6.45, 7) is 4.34. The van der Waals surface area contributed by atoms with E-state index in [1.54, 1.807) is 7.11 Å². The fourth-order valence-corrected chi connectivity index (χ4v) is 0.700. The van der Waals surface area contributed by atoms with Crippen molar-refractivity contribution in [3.8, 4) is 0 Å². The summed E-state index contributed by atoms with van der Waals surface area (Å²) in [7, 11) is 1.68. The predicted molar refractivity (Wildman–Crippen MR) is 38.4 cm³/mol. The average molecular weight is 132 g/mol. The first-order chi connectivity index (χ1) is 4.35. The van der Waals surface area contributed by atoms with Crippen LogP contribution in [0.25, 0.3) is 0 Å². The molecule has 0 unspecified atom stereocenters. The van der Waals surface area contributed by atoms with Crippen molar-refractivity contribution in [2.24, 2.45) is 5.73 Å². The Kier molecular flexibility index (Phi) is 5.93. The molecule has 0 aliphatic carbocycles. The molecule has 0 radical (unpaired) electrons. The Labute approximate surface area is 56.6 Å². The van der Waals surface area contributed by atoms with E-state index in [4.69, 9.17) is 10.5 Å². The van der Waals surface area contributed by atoms with Crippen molar-refractivity contribution >= 4 is 0 Å². The summed E-state index contributed by atoms with van der Waals surface area (Å²) in [6, 6.07) is 0.319. The van der Waals surface area contributed by atoms with Crippen LogP contribution < -0.4 is 11.1 Å². The van der Waals surface area contributed by atoms with Crippen LogP contribution in [0.5, 0.6) is 0 Å². The molecule has 0 spiro atoms. The fraction of sp³-hybridized carbons (Fsp3) is 1.00. The van der Waals surface area contributed by atoms with Crippen molar-refractivity contribution in [3.05, 3.63) is 0 Å². The van der Waals surface area contributed by atoms with Gasteiger partial charge in [-0.15, -0.1) is 0 Å². The molecule has 3 N–H and O–H groups in total. The Bertz CT molecular complexity index is 53.0. The van der Waals surface area contributed by atoms with Gasteiger partial charge in [0.05, 0.1) is 6.61 Å². The van der Waals surface area contributed by atoms with Crippen LogP contribution in [0.1, 0.15) is 6.92 Å². The molecular formula is C6H16N2O. The smallest absolute Gasteiger partial charge is 0.0628 e. The molecule has 3 heteroatoms. The molecule has 0 bridgehead atoms. The lowest BCUT2D eigenvalue weighted by Gasteiger charge is -2.13. The zero-order valence-electron chi connectivity index (χ0n) is 6.18. The summed E-state index contributed by atoms with van der Waals surface area (Å²) < 4.78 is 4.90. The quantitative estimate of drug-likeness (QED) is 0.533. The van der Waals surface area contributed by atoms with Gasteiger partial charge in [0.15, 0.2) is 0 Å². The number of nitrogens with two attached hydrogens (primary N) is 1. The van der Waals surface area contributed by atoms with Gasteiger partial charge in [0.25, 0.3) is 0 Å². The second-order valence-electron chi connectivity index (χ2n) is 1.95. The third-order valence-electron chi connectivity index (χ3n) is 1.15. The van der Waals surface area contributed by atoms with Gasteiger partial charge in [-0.05, 0) is 6.54 Å². The molecule has 0 rings (SSSR count). The maximum Gasteiger partial charge on any atom is 0.0628 e. The van der Waals surface area contributed by atoms with Crippen LogP contribution in [-0.4, -0.2) is 32.8 Å². The van der Waals surface area contributed by atoms with Crippen molar-refractivity contribution in [3.63, 3.8) is 0 Å². The van der Waals surface area contributed by atoms with Gasteiger partial charge in [-0.25, -0.2) is 0 Å². The largest absolute Gasteiger partial charge is 0.383 e. The van der Waals surface area contributed by atoms with Crippen molar-refractivity contribution in [2.75, 3.05) is 26.8 Å². The van der Waals surface area contributed by atoms with E-state index in [2.05, 4.69) is 12.2 Å². The third-order valence-corrected chi connectivity index (χ3v) is 1.15. The molecule has 56 valence electrons. The first kappa shape index (κ1) is 8.88. The van der Waals surface area contributed by atoms with Gasteiger partial charge >= 0.3 is 0 Å². The first-order valence-electron chi connectivity index (χ1n) is 3.27. The molecule has 1 atom stereocenters. The van der Waals surface area contributed by atoms with Gasteiger partial charge in [0.1, 0.15) is 0 Å². The van der Waals surface area contributed by atoms with E-state index in [-0.39, 0.29) is 0 Å². The molecule has 0 heterocycles. The Balaban J connectivity index is 3.18. The van der Waals surface area contributed by atoms with Gasteiger partial charge in [-0.3, -0.25) is 0 Å². The van der Waals surface area contributed by atoms with Crippen LogP contribution in [0.3, 0.4) is 0 Å². The number of rotatable bonds is 5. The number of ether oxygens (including phenoxy) is 1. The second-order valence-corrected chi connectivity index (χ2v) is 1.95. The van der Waals surface area contributed by atoms with E-state index in [1.165, 1.54) is 0 Å². The van der Waals surface area contributed by atoms with E-state index in [1.807, 2.05) is 0 Å². The molecular weight excluding hydrogens is 116 g/mol. The predicted octanol–water partition coefficient (Wildman–Crippen LogP) is -0.430. The lowest BCUT2D eigenvalue weighted by atomic mass is 10.3. The maximum absolute atomic E-state index is 5.40. The standard InChI is InChI=1S/C6H16N2O/c1-3-8-6(4-7)5-9-2/h6,8H,3-5,7H2,1-2H3/t6-/m0/s1. The molecule has 0 aliphatic rings. The monoisotopic (exact) mass is 132 g/mol. The maximum atomic E-state index is 5.40. The second kappa shape index (κ2) is 6.01. The minimum Gasteiger partial charge on any atom is -0.383 e. The van der Waals surface area contributed by atoms with Crippen LogP contribution in [0.2, 0.25) is 0 Å². The lowest BCUT2D eigenvalue weighted by Crippen LogP contribution is -2.39. The van der Waals surface area contributed by atoms with Crippen LogP contribution in [0.4, 0.5) is 0 Å². The Hall–Kier alpha value is -0.120. The third kappa shape index (κ3) is 4.39. The van der Waals surface area contributed by atoms with Gasteiger partial charge in [0, 0.05) is 19.7 Å². The fourth-order valence-electron chi connectivity index (χ4n) is 0.700. The summed E-state index contributed by atoms with van der Waals surface area (Å²) in [5.74, 6) is 0. The van der Waals surface area contributed by atoms with Crippen molar-refractivity contribution in [1.82, 2.24) is 5.32 Å². The van der Waals surface area contributed by atoms with Gasteiger partial charge < -0.3 is 15.8 Å². The Morgan fingerprint density at radius 1 is 1.67 bits per heavy atom. The molecule has 0 saturated heterocycles. The van der Waals surface area contributed by atoms with Gasteiger partial charge in [0.2, 0.25) is 0 Å². The summed E-state index contributed by atoms with van der Waals surface area (Å²) in [5.41, 5.74) is 5.40. The molecule has 0 saturated carbocycles. The zero-order chi connectivity index (χ0) is 7.11. The Morgan fingerprint density at radius 2 is 2.33 bits per heavy atom. The van der Waals surface area contributed by atoms with Gasteiger partial charge in [-0.2, -0.15) is 0 Å². The number of methoxy groups -OCH3 is 1. The molecule has 0 aromatic carbocycles. The zero-order valence-corrected chi connectivity index (χ0v) is 6.18. The van der Waals surface area contributed by atoms with Crippen molar-refractivity contribution < 1.29 is 4.74 Å². The Morgan fingerprint density at radius 3 is 2.67 bits per heavy atom. The molecule has 0 aromatic heterocycles. The van der Waals surface area contributed by atoms with E-state index in [0.29, 0.717) is 19.2 Å². The molecule has 0 aliphatic heterocycles. The highest BCUT2D eigenvalue weighted by Crippen LogP contribution is 1.79. The molecule has 9 heavy (non-hydrogen) atoms. The van der Waals surface area contributed by atoms with Crippen LogP contribution in [0, 0.1) is 0 Å². The normalized spacial score (nSPS) is 13.7. The molecule has 0 amide bonds. The van der Waals surface area contributed by atoms with Gasteiger partial charge in [-0.1, -0.05) is 6.92 Å². The molecule has 0 fully saturated rings. The molecule has 0 aromatic rings. The summed E-state index contributed by atoms with van der Waals surface area (Å²) >= 11 is 0.